The van der Waals surface area contributed by atoms with Crippen LogP contribution in [0.2, 0.25) is 0 Å². The number of hydrogen-bond donors (Lipinski definition) is 1. The summed E-state index contributed by atoms with van der Waals surface area (Å²) >= 11 is 0. The van der Waals surface area contributed by atoms with Gasteiger partial charge >= 0.3 is 0 Å². The topological polar surface area (TPSA) is 50.2 Å². The standard InChI is InChI=1S/C13H11N3O/c1-2-5-9-8-16-11-7-4-3-6-10(11)12(17)15-13(16)14-9/h2-4,6-8H,1,5H2,(H,14,15,17). The lowest BCUT2D eigenvalue weighted by Crippen LogP contribution is -2.09. The SMILES string of the molecule is C=CCc1cn2c(n1)[nH]c(=O)c1ccccc12. The van der Waals surface area contributed by atoms with Crippen molar-refractivity contribution in [3.8, 4) is 0 Å². The Labute approximate surface area is 97.2 Å². The van der Waals surface area contributed by atoms with Gasteiger partial charge in [0.15, 0.2) is 0 Å². The fourth-order valence-electron chi connectivity index (χ4n) is 1.99. The molecular weight excluding hydrogens is 214 g/mol. The molecule has 0 aliphatic heterocycles. The van der Waals surface area contributed by atoms with Crippen molar-refractivity contribution in [3.05, 3.63) is 59.2 Å². The maximum absolute atomic E-state index is 11.8. The van der Waals surface area contributed by atoms with E-state index < -0.39 is 0 Å². The fraction of sp³-hybridized carbons (Fsp3) is 0.0769. The monoisotopic (exact) mass is 225 g/mol. The van der Waals surface area contributed by atoms with E-state index in [1.165, 1.54) is 0 Å². The molecule has 4 heteroatoms. The average molecular weight is 225 g/mol. The van der Waals surface area contributed by atoms with Crippen LogP contribution in [-0.4, -0.2) is 14.4 Å². The summed E-state index contributed by atoms with van der Waals surface area (Å²) in [5.41, 5.74) is 1.66. The number of hydrogen-bond acceptors (Lipinski definition) is 2. The Bertz CT molecular complexity index is 767. The van der Waals surface area contributed by atoms with Gasteiger partial charge in [0.05, 0.1) is 16.6 Å². The normalized spacial score (nSPS) is 11.1. The highest BCUT2D eigenvalue weighted by Crippen LogP contribution is 2.12. The highest BCUT2D eigenvalue weighted by molar-refractivity contribution is 5.79. The van der Waals surface area contributed by atoms with Crippen LogP contribution in [0.25, 0.3) is 16.7 Å². The van der Waals surface area contributed by atoms with Crippen LogP contribution in [0.4, 0.5) is 0 Å². The van der Waals surface area contributed by atoms with Gasteiger partial charge < -0.3 is 0 Å². The van der Waals surface area contributed by atoms with Gasteiger partial charge in [-0.2, -0.15) is 0 Å². The van der Waals surface area contributed by atoms with E-state index in [-0.39, 0.29) is 5.56 Å². The minimum absolute atomic E-state index is 0.108. The zero-order chi connectivity index (χ0) is 11.8. The van der Waals surface area contributed by atoms with Gasteiger partial charge in [0, 0.05) is 12.6 Å². The second-order valence-corrected chi connectivity index (χ2v) is 3.89. The molecular formula is C13H11N3O. The molecule has 3 aromatic rings. The van der Waals surface area contributed by atoms with E-state index in [4.69, 9.17) is 0 Å². The Morgan fingerprint density at radius 1 is 1.41 bits per heavy atom. The lowest BCUT2D eigenvalue weighted by Gasteiger charge is -1.99. The van der Waals surface area contributed by atoms with Crippen molar-refractivity contribution in [3.63, 3.8) is 0 Å². The molecule has 0 fully saturated rings. The van der Waals surface area contributed by atoms with Gasteiger partial charge in [-0.05, 0) is 12.1 Å². The van der Waals surface area contributed by atoms with Crippen LogP contribution in [0.3, 0.4) is 0 Å². The minimum atomic E-state index is -0.108. The highest BCUT2D eigenvalue weighted by atomic mass is 16.1. The summed E-state index contributed by atoms with van der Waals surface area (Å²) in [6, 6.07) is 7.48. The number of nitrogens with zero attached hydrogens (tertiary/aromatic N) is 2. The molecule has 2 aromatic heterocycles. The maximum atomic E-state index is 11.8. The number of fused-ring (bicyclic) bond motifs is 3. The molecule has 2 heterocycles. The maximum Gasteiger partial charge on any atom is 0.260 e. The molecule has 0 unspecified atom stereocenters. The Kier molecular flexibility index (Phi) is 2.08. The van der Waals surface area contributed by atoms with E-state index in [1.807, 2.05) is 28.8 Å². The molecule has 0 bridgehead atoms. The number of H-pyrrole nitrogens is 1. The molecule has 3 rings (SSSR count). The minimum Gasteiger partial charge on any atom is -0.291 e. The zero-order valence-electron chi connectivity index (χ0n) is 9.18. The van der Waals surface area contributed by atoms with E-state index in [9.17, 15) is 4.79 Å². The van der Waals surface area contributed by atoms with E-state index in [2.05, 4.69) is 16.5 Å². The van der Waals surface area contributed by atoms with Crippen molar-refractivity contribution < 1.29 is 0 Å². The molecule has 0 spiro atoms. The largest absolute Gasteiger partial charge is 0.291 e. The van der Waals surface area contributed by atoms with Crippen molar-refractivity contribution in [1.29, 1.82) is 0 Å². The number of allylic oxidation sites excluding steroid dienone is 1. The van der Waals surface area contributed by atoms with Gasteiger partial charge in [-0.3, -0.25) is 14.2 Å². The van der Waals surface area contributed by atoms with E-state index in [1.54, 1.807) is 12.1 Å². The predicted octanol–water partition coefficient (Wildman–Crippen LogP) is 1.90. The zero-order valence-corrected chi connectivity index (χ0v) is 9.18. The summed E-state index contributed by atoms with van der Waals surface area (Å²) in [5.74, 6) is 0.575. The molecule has 84 valence electrons. The van der Waals surface area contributed by atoms with Gasteiger partial charge in [0.25, 0.3) is 5.56 Å². The first-order chi connectivity index (χ1) is 8.29. The third kappa shape index (κ3) is 1.45. The quantitative estimate of drug-likeness (QED) is 0.677. The van der Waals surface area contributed by atoms with Crippen molar-refractivity contribution in [2.75, 3.05) is 0 Å². The molecule has 17 heavy (non-hydrogen) atoms. The average Bonchev–Trinajstić information content (AvgIpc) is 2.73. The van der Waals surface area contributed by atoms with Gasteiger partial charge in [-0.1, -0.05) is 18.2 Å². The van der Waals surface area contributed by atoms with Gasteiger partial charge in [0.2, 0.25) is 5.78 Å². The number of aromatic amines is 1. The molecule has 0 radical (unpaired) electrons. The van der Waals surface area contributed by atoms with Crippen LogP contribution in [-0.2, 0) is 6.42 Å². The first-order valence-electron chi connectivity index (χ1n) is 5.39. The second-order valence-electron chi connectivity index (χ2n) is 3.89. The van der Waals surface area contributed by atoms with Crippen LogP contribution < -0.4 is 5.56 Å². The summed E-state index contributed by atoms with van der Waals surface area (Å²) < 4.78 is 1.90. The third-order valence-electron chi connectivity index (χ3n) is 2.74. The molecule has 0 aliphatic rings. The summed E-state index contributed by atoms with van der Waals surface area (Å²) in [4.78, 5) is 19.0. The van der Waals surface area contributed by atoms with Crippen LogP contribution in [0.15, 0.2) is 47.9 Å². The number of rotatable bonds is 2. The molecule has 0 saturated carbocycles. The summed E-state index contributed by atoms with van der Waals surface area (Å²) in [6.07, 6.45) is 4.41. The Balaban J connectivity index is 2.46. The number of nitrogens with one attached hydrogen (secondary N) is 1. The molecule has 1 N–H and O–H groups in total. The lowest BCUT2D eigenvalue weighted by molar-refractivity contribution is 1.13. The smallest absolute Gasteiger partial charge is 0.260 e. The predicted molar refractivity (Wildman–Crippen MR) is 67.2 cm³/mol. The number of imidazole rings is 1. The van der Waals surface area contributed by atoms with Crippen molar-refractivity contribution in [2.24, 2.45) is 0 Å². The fourth-order valence-corrected chi connectivity index (χ4v) is 1.99. The highest BCUT2D eigenvalue weighted by Gasteiger charge is 2.06. The number of para-hydroxylation sites is 1. The van der Waals surface area contributed by atoms with E-state index >= 15 is 0 Å². The molecule has 0 atom stereocenters. The van der Waals surface area contributed by atoms with E-state index in [0.29, 0.717) is 17.6 Å². The molecule has 1 aromatic carbocycles. The van der Waals surface area contributed by atoms with Gasteiger partial charge in [-0.15, -0.1) is 6.58 Å². The molecule has 0 amide bonds. The Morgan fingerprint density at radius 3 is 3.06 bits per heavy atom. The Morgan fingerprint density at radius 2 is 2.24 bits per heavy atom. The summed E-state index contributed by atoms with van der Waals surface area (Å²) in [6.45, 7) is 3.68. The Hall–Kier alpha value is -2.36. The molecule has 4 nitrogen and oxygen atoms in total. The first kappa shape index (κ1) is 9.84. The lowest BCUT2D eigenvalue weighted by atomic mass is 10.2. The molecule has 0 saturated heterocycles. The number of aromatic nitrogens is 3. The van der Waals surface area contributed by atoms with Crippen LogP contribution in [0.1, 0.15) is 5.69 Å². The summed E-state index contributed by atoms with van der Waals surface area (Å²) in [7, 11) is 0. The van der Waals surface area contributed by atoms with Crippen molar-refractivity contribution in [2.45, 2.75) is 6.42 Å². The van der Waals surface area contributed by atoms with Crippen molar-refractivity contribution in [1.82, 2.24) is 14.4 Å². The van der Waals surface area contributed by atoms with Crippen LogP contribution >= 0.6 is 0 Å². The van der Waals surface area contributed by atoms with E-state index in [0.717, 1.165) is 11.2 Å². The second kappa shape index (κ2) is 3.59. The van der Waals surface area contributed by atoms with Gasteiger partial charge in [-0.25, -0.2) is 4.98 Å². The van der Waals surface area contributed by atoms with Gasteiger partial charge in [0.1, 0.15) is 0 Å². The van der Waals surface area contributed by atoms with Crippen LogP contribution in [0, 0.1) is 0 Å². The first-order valence-corrected chi connectivity index (χ1v) is 5.39. The summed E-state index contributed by atoms with van der Waals surface area (Å²) in [5, 5.41) is 0.669. The van der Waals surface area contributed by atoms with Crippen molar-refractivity contribution >= 4 is 16.7 Å². The third-order valence-corrected chi connectivity index (χ3v) is 2.74. The van der Waals surface area contributed by atoms with Crippen LogP contribution in [0.5, 0.6) is 0 Å². The number of benzene rings is 1. The molecule has 0 aliphatic carbocycles.